The summed E-state index contributed by atoms with van der Waals surface area (Å²) in [5, 5.41) is 5.20. The Morgan fingerprint density at radius 1 is 1.20 bits per heavy atom. The third-order valence-electron chi connectivity index (χ3n) is 3.50. The summed E-state index contributed by atoms with van der Waals surface area (Å²) >= 11 is 0. The number of fused-ring (bicyclic) bond motifs is 1. The molecule has 0 saturated carbocycles. The molecular weight excluding hydrogens is 250 g/mol. The van der Waals surface area contributed by atoms with Crippen LogP contribution >= 0.6 is 0 Å². The van der Waals surface area contributed by atoms with Crippen LogP contribution in [0.15, 0.2) is 41.1 Å². The summed E-state index contributed by atoms with van der Waals surface area (Å²) in [5.41, 5.74) is 3.50. The van der Waals surface area contributed by atoms with E-state index >= 15 is 0 Å². The predicted octanol–water partition coefficient (Wildman–Crippen LogP) is 3.11. The topological polar surface area (TPSA) is 34.2 Å². The van der Waals surface area contributed by atoms with Crippen molar-refractivity contribution < 1.29 is 4.52 Å². The summed E-state index contributed by atoms with van der Waals surface area (Å²) in [5.74, 6) is 0.908. The number of rotatable bonds is 4. The molecule has 0 amide bonds. The number of aryl methyl sites for hydroxylation is 2. The molecule has 0 unspecified atom stereocenters. The van der Waals surface area contributed by atoms with Gasteiger partial charge in [0, 0.05) is 31.4 Å². The highest BCUT2D eigenvalue weighted by molar-refractivity contribution is 5.80. The van der Waals surface area contributed by atoms with E-state index in [9.17, 15) is 0 Å². The second kappa shape index (κ2) is 5.13. The lowest BCUT2D eigenvalue weighted by atomic mass is 10.1. The second-order valence-corrected chi connectivity index (χ2v) is 5.43. The SMILES string of the molecule is Cc1cc(CN(C)Cc2ccc3c(ccn3C)c2)on1. The Bertz CT molecular complexity index is 726. The Labute approximate surface area is 118 Å². The number of benzene rings is 1. The molecule has 2 aromatic heterocycles. The zero-order valence-electron chi connectivity index (χ0n) is 12.1. The number of aromatic nitrogens is 2. The monoisotopic (exact) mass is 269 g/mol. The van der Waals surface area contributed by atoms with Gasteiger partial charge >= 0.3 is 0 Å². The Hall–Kier alpha value is -2.07. The first-order valence-corrected chi connectivity index (χ1v) is 6.76. The lowest BCUT2D eigenvalue weighted by molar-refractivity contribution is 0.266. The Kier molecular flexibility index (Phi) is 3.32. The molecular formula is C16H19N3O. The summed E-state index contributed by atoms with van der Waals surface area (Å²) in [4.78, 5) is 2.23. The number of hydrogen-bond acceptors (Lipinski definition) is 3. The van der Waals surface area contributed by atoms with Crippen molar-refractivity contribution >= 4 is 10.9 Å². The van der Waals surface area contributed by atoms with E-state index in [0.29, 0.717) is 0 Å². The van der Waals surface area contributed by atoms with Crippen LogP contribution in [0, 0.1) is 6.92 Å². The van der Waals surface area contributed by atoms with Crippen molar-refractivity contribution in [3.8, 4) is 0 Å². The highest BCUT2D eigenvalue weighted by atomic mass is 16.5. The molecule has 0 aliphatic carbocycles. The first kappa shape index (κ1) is 12.9. The Morgan fingerprint density at radius 2 is 2.05 bits per heavy atom. The van der Waals surface area contributed by atoms with E-state index in [1.54, 1.807) is 0 Å². The molecule has 0 N–H and O–H groups in total. The van der Waals surface area contributed by atoms with Crippen LogP contribution in [0.2, 0.25) is 0 Å². The fraction of sp³-hybridized carbons (Fsp3) is 0.312. The minimum absolute atomic E-state index is 0.771. The molecule has 0 aliphatic heterocycles. The fourth-order valence-electron chi connectivity index (χ4n) is 2.55. The van der Waals surface area contributed by atoms with Gasteiger partial charge in [-0.2, -0.15) is 0 Å². The van der Waals surface area contributed by atoms with E-state index < -0.39 is 0 Å². The van der Waals surface area contributed by atoms with Crippen molar-refractivity contribution in [1.82, 2.24) is 14.6 Å². The molecule has 20 heavy (non-hydrogen) atoms. The van der Waals surface area contributed by atoms with Crippen molar-refractivity contribution in [2.24, 2.45) is 7.05 Å². The van der Waals surface area contributed by atoms with Crippen LogP contribution in [-0.4, -0.2) is 21.7 Å². The summed E-state index contributed by atoms with van der Waals surface area (Å²) < 4.78 is 7.39. The quantitative estimate of drug-likeness (QED) is 0.730. The molecule has 104 valence electrons. The normalized spacial score (nSPS) is 11.6. The molecule has 3 rings (SSSR count). The number of nitrogens with zero attached hydrogens (tertiary/aromatic N) is 3. The van der Waals surface area contributed by atoms with Crippen molar-refractivity contribution in [1.29, 1.82) is 0 Å². The molecule has 2 heterocycles. The molecule has 0 spiro atoms. The summed E-state index contributed by atoms with van der Waals surface area (Å²) in [7, 11) is 4.16. The van der Waals surface area contributed by atoms with Crippen molar-refractivity contribution in [2.45, 2.75) is 20.0 Å². The second-order valence-electron chi connectivity index (χ2n) is 5.43. The summed E-state index contributed by atoms with van der Waals surface area (Å²) in [6.45, 7) is 3.61. The van der Waals surface area contributed by atoms with Crippen molar-refractivity contribution in [3.63, 3.8) is 0 Å². The summed E-state index contributed by atoms with van der Waals surface area (Å²) in [6, 6.07) is 10.7. The van der Waals surface area contributed by atoms with Gasteiger partial charge in [-0.1, -0.05) is 11.2 Å². The largest absolute Gasteiger partial charge is 0.360 e. The van der Waals surface area contributed by atoms with Crippen LogP contribution in [0.5, 0.6) is 0 Å². The summed E-state index contributed by atoms with van der Waals surface area (Å²) in [6.07, 6.45) is 2.09. The highest BCUT2D eigenvalue weighted by Crippen LogP contribution is 2.18. The molecule has 1 aromatic carbocycles. The van der Waals surface area contributed by atoms with Gasteiger partial charge in [-0.25, -0.2) is 0 Å². The smallest absolute Gasteiger partial charge is 0.150 e. The van der Waals surface area contributed by atoms with Gasteiger partial charge in [0.05, 0.1) is 12.2 Å². The Morgan fingerprint density at radius 3 is 2.80 bits per heavy atom. The number of hydrogen-bond donors (Lipinski definition) is 0. The van der Waals surface area contributed by atoms with Gasteiger partial charge in [0.25, 0.3) is 0 Å². The molecule has 0 radical (unpaired) electrons. The van der Waals surface area contributed by atoms with Crippen molar-refractivity contribution in [3.05, 3.63) is 53.5 Å². The van der Waals surface area contributed by atoms with E-state index in [-0.39, 0.29) is 0 Å². The lowest BCUT2D eigenvalue weighted by Gasteiger charge is -2.14. The van der Waals surface area contributed by atoms with Gasteiger partial charge < -0.3 is 9.09 Å². The van der Waals surface area contributed by atoms with Crippen LogP contribution in [0.1, 0.15) is 17.0 Å². The van der Waals surface area contributed by atoms with Gasteiger partial charge in [-0.05, 0) is 43.1 Å². The van der Waals surface area contributed by atoms with Crippen LogP contribution in [0.3, 0.4) is 0 Å². The zero-order valence-corrected chi connectivity index (χ0v) is 12.1. The molecule has 0 atom stereocenters. The molecule has 0 bridgehead atoms. The maximum absolute atomic E-state index is 5.25. The first-order chi connectivity index (χ1) is 9.61. The third kappa shape index (κ3) is 2.60. The first-order valence-electron chi connectivity index (χ1n) is 6.76. The van der Waals surface area contributed by atoms with Crippen molar-refractivity contribution in [2.75, 3.05) is 7.05 Å². The van der Waals surface area contributed by atoms with Gasteiger partial charge in [-0.3, -0.25) is 4.90 Å². The van der Waals surface area contributed by atoms with Crippen LogP contribution in [0.4, 0.5) is 0 Å². The zero-order chi connectivity index (χ0) is 14.1. The maximum Gasteiger partial charge on any atom is 0.150 e. The predicted molar refractivity (Wildman–Crippen MR) is 79.3 cm³/mol. The van der Waals surface area contributed by atoms with E-state index in [0.717, 1.165) is 24.5 Å². The van der Waals surface area contributed by atoms with Crippen LogP contribution < -0.4 is 0 Å². The molecule has 4 heteroatoms. The standard InChI is InChI=1S/C16H19N3O/c1-12-8-15(20-17-12)11-18(2)10-13-4-5-16-14(9-13)6-7-19(16)3/h4-9H,10-11H2,1-3H3. The lowest BCUT2D eigenvalue weighted by Crippen LogP contribution is -2.16. The molecule has 4 nitrogen and oxygen atoms in total. The van der Waals surface area contributed by atoms with E-state index in [1.807, 2.05) is 13.0 Å². The van der Waals surface area contributed by atoms with Gasteiger partial charge in [-0.15, -0.1) is 0 Å². The molecule has 0 aliphatic rings. The van der Waals surface area contributed by atoms with Gasteiger partial charge in [0.15, 0.2) is 5.76 Å². The minimum atomic E-state index is 0.771. The van der Waals surface area contributed by atoms with Crippen LogP contribution in [-0.2, 0) is 20.1 Å². The average Bonchev–Trinajstić information content (AvgIpc) is 2.96. The van der Waals surface area contributed by atoms with Gasteiger partial charge in [0.1, 0.15) is 0 Å². The maximum atomic E-state index is 5.25. The molecule has 0 fully saturated rings. The minimum Gasteiger partial charge on any atom is -0.360 e. The van der Waals surface area contributed by atoms with E-state index in [2.05, 4.69) is 59.2 Å². The molecule has 3 aromatic rings. The van der Waals surface area contributed by atoms with Gasteiger partial charge in [0.2, 0.25) is 0 Å². The van der Waals surface area contributed by atoms with E-state index in [1.165, 1.54) is 16.5 Å². The van der Waals surface area contributed by atoms with E-state index in [4.69, 9.17) is 4.52 Å². The fourth-order valence-corrected chi connectivity index (χ4v) is 2.55. The van der Waals surface area contributed by atoms with Crippen LogP contribution in [0.25, 0.3) is 10.9 Å². The Balaban J connectivity index is 1.72. The highest BCUT2D eigenvalue weighted by Gasteiger charge is 2.07. The molecule has 0 saturated heterocycles. The third-order valence-corrected chi connectivity index (χ3v) is 3.50. The average molecular weight is 269 g/mol.